The third-order valence-electron chi connectivity index (χ3n) is 3.53. The number of anilines is 2. The molecule has 1 fully saturated rings. The summed E-state index contributed by atoms with van der Waals surface area (Å²) in [5.41, 5.74) is 6.13. The zero-order valence-corrected chi connectivity index (χ0v) is 10.9. The molecule has 0 spiro atoms. The van der Waals surface area contributed by atoms with Gasteiger partial charge in [0.05, 0.1) is 5.41 Å². The van der Waals surface area contributed by atoms with E-state index in [-0.39, 0.29) is 5.91 Å². The number of nitrogens with two attached hydrogens (primary N) is 1. The van der Waals surface area contributed by atoms with Crippen molar-refractivity contribution in [2.75, 3.05) is 29.9 Å². The van der Waals surface area contributed by atoms with Crippen LogP contribution in [0.3, 0.4) is 0 Å². The number of pyridine rings is 1. The van der Waals surface area contributed by atoms with Crippen molar-refractivity contribution < 1.29 is 4.79 Å². The lowest BCUT2D eigenvalue weighted by molar-refractivity contribution is -0.125. The minimum Gasteiger partial charge on any atom is -0.370 e. The van der Waals surface area contributed by atoms with Gasteiger partial charge in [-0.3, -0.25) is 4.79 Å². The maximum Gasteiger partial charge on any atom is 0.225 e. The van der Waals surface area contributed by atoms with E-state index in [4.69, 9.17) is 5.73 Å². The molecule has 98 valence electrons. The van der Waals surface area contributed by atoms with E-state index in [0.717, 1.165) is 31.0 Å². The first-order valence-electron chi connectivity index (χ1n) is 6.30. The molecule has 3 N–H and O–H groups in total. The summed E-state index contributed by atoms with van der Waals surface area (Å²) in [6.45, 7) is 6.35. The number of carbonyl (C=O) groups is 1. The van der Waals surface area contributed by atoms with Gasteiger partial charge in [-0.05, 0) is 26.3 Å². The first kappa shape index (κ1) is 12.7. The summed E-state index contributed by atoms with van der Waals surface area (Å²) in [6, 6.07) is 3.98. The van der Waals surface area contributed by atoms with E-state index in [9.17, 15) is 4.79 Å². The molecule has 1 aromatic rings. The van der Waals surface area contributed by atoms with Crippen LogP contribution in [0.1, 0.15) is 20.3 Å². The summed E-state index contributed by atoms with van der Waals surface area (Å²) in [6.07, 6.45) is 2.59. The van der Waals surface area contributed by atoms with Crippen molar-refractivity contribution >= 4 is 17.4 Å². The van der Waals surface area contributed by atoms with Crippen LogP contribution in [0, 0.1) is 5.41 Å². The third kappa shape index (κ3) is 2.39. The molecule has 5 heteroatoms. The number of nitrogens with one attached hydrogen (secondary N) is 1. The Balaban J connectivity index is 2.14. The Morgan fingerprint density at radius 2 is 2.44 bits per heavy atom. The lowest BCUT2D eigenvalue weighted by atomic mass is 9.89. The molecule has 1 aromatic heterocycles. The Hall–Kier alpha value is -1.78. The summed E-state index contributed by atoms with van der Waals surface area (Å²) < 4.78 is 0. The second kappa shape index (κ2) is 4.84. The number of amides is 1. The molecule has 2 rings (SSSR count). The highest BCUT2D eigenvalue weighted by molar-refractivity contribution is 5.82. The van der Waals surface area contributed by atoms with E-state index in [1.165, 1.54) is 0 Å². The normalized spacial score (nSPS) is 23.1. The van der Waals surface area contributed by atoms with Gasteiger partial charge in [-0.15, -0.1) is 0 Å². The standard InChI is InChI=1S/C13H20N4O/c1-3-15-11-8-10(4-6-16-11)17-7-5-13(2,9-17)12(14)18/h4,6,8H,3,5,7,9H2,1-2H3,(H2,14,18)(H,15,16). The van der Waals surface area contributed by atoms with E-state index in [1.807, 2.05) is 26.0 Å². The second-order valence-electron chi connectivity index (χ2n) is 5.03. The Morgan fingerprint density at radius 1 is 1.67 bits per heavy atom. The number of nitrogens with zero attached hydrogens (tertiary/aromatic N) is 2. The molecule has 1 amide bonds. The minimum atomic E-state index is -0.415. The fraction of sp³-hybridized carbons (Fsp3) is 0.538. The van der Waals surface area contributed by atoms with Crippen LogP contribution < -0.4 is 16.0 Å². The van der Waals surface area contributed by atoms with Crippen molar-refractivity contribution in [3.05, 3.63) is 18.3 Å². The smallest absolute Gasteiger partial charge is 0.225 e. The Kier molecular flexibility index (Phi) is 3.41. The zero-order valence-electron chi connectivity index (χ0n) is 10.9. The number of hydrogen-bond donors (Lipinski definition) is 2. The monoisotopic (exact) mass is 248 g/mol. The van der Waals surface area contributed by atoms with E-state index < -0.39 is 5.41 Å². The molecule has 0 aromatic carbocycles. The molecule has 2 heterocycles. The number of primary amides is 1. The van der Waals surface area contributed by atoms with Gasteiger partial charge in [-0.25, -0.2) is 4.98 Å². The van der Waals surface area contributed by atoms with Crippen LogP contribution in [0.2, 0.25) is 0 Å². The highest BCUT2D eigenvalue weighted by atomic mass is 16.1. The highest BCUT2D eigenvalue weighted by Gasteiger charge is 2.38. The number of aromatic nitrogens is 1. The molecule has 1 unspecified atom stereocenters. The van der Waals surface area contributed by atoms with Gasteiger partial charge in [-0.2, -0.15) is 0 Å². The summed E-state index contributed by atoms with van der Waals surface area (Å²) in [5, 5.41) is 3.19. The average molecular weight is 248 g/mol. The summed E-state index contributed by atoms with van der Waals surface area (Å²) in [7, 11) is 0. The van der Waals surface area contributed by atoms with Crippen molar-refractivity contribution in [1.29, 1.82) is 0 Å². The van der Waals surface area contributed by atoms with Gasteiger partial charge >= 0.3 is 0 Å². The highest BCUT2D eigenvalue weighted by Crippen LogP contribution is 2.33. The van der Waals surface area contributed by atoms with Crippen LogP contribution in [0.5, 0.6) is 0 Å². The average Bonchev–Trinajstić information content (AvgIpc) is 2.74. The first-order chi connectivity index (χ1) is 8.55. The fourth-order valence-corrected chi connectivity index (χ4v) is 2.28. The molecule has 0 bridgehead atoms. The number of hydrogen-bond acceptors (Lipinski definition) is 4. The van der Waals surface area contributed by atoms with Gasteiger partial charge in [0.15, 0.2) is 0 Å². The predicted molar refractivity (Wildman–Crippen MR) is 72.5 cm³/mol. The van der Waals surface area contributed by atoms with E-state index in [1.54, 1.807) is 6.20 Å². The molecule has 1 atom stereocenters. The van der Waals surface area contributed by atoms with Crippen molar-refractivity contribution in [3.63, 3.8) is 0 Å². The summed E-state index contributed by atoms with van der Waals surface area (Å²) in [4.78, 5) is 17.9. The Labute approximate surface area is 107 Å². The molecule has 5 nitrogen and oxygen atoms in total. The summed E-state index contributed by atoms with van der Waals surface area (Å²) in [5.74, 6) is 0.647. The molecule has 1 saturated heterocycles. The molecule has 1 aliphatic heterocycles. The topological polar surface area (TPSA) is 71.2 Å². The van der Waals surface area contributed by atoms with Gasteiger partial charge < -0.3 is 16.0 Å². The lowest BCUT2D eigenvalue weighted by Gasteiger charge is -2.22. The number of rotatable bonds is 4. The quantitative estimate of drug-likeness (QED) is 0.840. The second-order valence-corrected chi connectivity index (χ2v) is 5.03. The maximum atomic E-state index is 11.4. The van der Waals surface area contributed by atoms with E-state index >= 15 is 0 Å². The Bertz CT molecular complexity index is 448. The van der Waals surface area contributed by atoms with Crippen molar-refractivity contribution in [2.45, 2.75) is 20.3 Å². The van der Waals surface area contributed by atoms with Gasteiger partial charge in [0.25, 0.3) is 0 Å². The van der Waals surface area contributed by atoms with Gasteiger partial charge in [0.1, 0.15) is 5.82 Å². The molecule has 18 heavy (non-hydrogen) atoms. The fourth-order valence-electron chi connectivity index (χ4n) is 2.28. The van der Waals surface area contributed by atoms with Crippen LogP contribution in [-0.4, -0.2) is 30.5 Å². The van der Waals surface area contributed by atoms with Crippen molar-refractivity contribution in [1.82, 2.24) is 4.98 Å². The number of carbonyl (C=O) groups excluding carboxylic acids is 1. The third-order valence-corrected chi connectivity index (χ3v) is 3.53. The Morgan fingerprint density at radius 3 is 3.06 bits per heavy atom. The van der Waals surface area contributed by atoms with Crippen molar-refractivity contribution in [2.24, 2.45) is 11.1 Å². The molecular formula is C13H20N4O. The lowest BCUT2D eigenvalue weighted by Crippen LogP contribution is -2.37. The summed E-state index contributed by atoms with van der Waals surface area (Å²) >= 11 is 0. The maximum absolute atomic E-state index is 11.4. The van der Waals surface area contributed by atoms with Gasteiger partial charge in [0, 0.05) is 37.6 Å². The van der Waals surface area contributed by atoms with Crippen LogP contribution in [0.25, 0.3) is 0 Å². The first-order valence-corrected chi connectivity index (χ1v) is 6.30. The van der Waals surface area contributed by atoms with Crippen LogP contribution in [0.15, 0.2) is 18.3 Å². The molecular weight excluding hydrogens is 228 g/mol. The molecule has 0 saturated carbocycles. The molecule has 0 aliphatic carbocycles. The SMILES string of the molecule is CCNc1cc(N2CCC(C)(C(N)=O)C2)ccn1. The van der Waals surface area contributed by atoms with E-state index in [2.05, 4.69) is 15.2 Å². The van der Waals surface area contributed by atoms with Crippen LogP contribution in [0.4, 0.5) is 11.5 Å². The van der Waals surface area contributed by atoms with Crippen LogP contribution in [-0.2, 0) is 4.79 Å². The zero-order chi connectivity index (χ0) is 13.2. The predicted octanol–water partition coefficient (Wildman–Crippen LogP) is 1.22. The van der Waals surface area contributed by atoms with Gasteiger partial charge in [-0.1, -0.05) is 0 Å². The molecule has 1 aliphatic rings. The van der Waals surface area contributed by atoms with Crippen LogP contribution >= 0.6 is 0 Å². The largest absolute Gasteiger partial charge is 0.370 e. The van der Waals surface area contributed by atoms with E-state index in [0.29, 0.717) is 6.54 Å². The van der Waals surface area contributed by atoms with Gasteiger partial charge in [0.2, 0.25) is 5.91 Å². The minimum absolute atomic E-state index is 0.217. The molecule has 0 radical (unpaired) electrons. The van der Waals surface area contributed by atoms with Crippen molar-refractivity contribution in [3.8, 4) is 0 Å².